The average Bonchev–Trinajstić information content (AvgIpc) is 3.32. The molecule has 1 atom stereocenters. The number of amides is 2. The van der Waals surface area contributed by atoms with Crippen molar-refractivity contribution in [3.05, 3.63) is 42.5 Å². The molecule has 0 saturated carbocycles. The highest BCUT2D eigenvalue weighted by molar-refractivity contribution is 6.22. The zero-order valence-corrected chi connectivity index (χ0v) is 15.8. The normalized spacial score (nSPS) is 21.9. The summed E-state index contributed by atoms with van der Waals surface area (Å²) in [6.45, 7) is 3.05. The van der Waals surface area contributed by atoms with Crippen LogP contribution >= 0.6 is 0 Å². The Hall–Kier alpha value is -3.26. The standard InChI is InChI=1S/C21H21N3O5/c25-16-4-1-14(2-5-16)22-7-9-23(10-8-22)17-12-20(26)24(21(17)27)15-3-6-18-19(11-15)29-13-28-18/h1-6,11,17,25H,7-10,12-13H2/t17-/m0/s1. The highest BCUT2D eigenvalue weighted by Gasteiger charge is 2.43. The fraction of sp³-hybridized carbons (Fsp3) is 0.333. The molecule has 0 aliphatic carbocycles. The first-order valence-corrected chi connectivity index (χ1v) is 9.64. The van der Waals surface area contributed by atoms with Crippen molar-refractivity contribution in [3.63, 3.8) is 0 Å². The molecule has 2 aromatic carbocycles. The summed E-state index contributed by atoms with van der Waals surface area (Å²) in [5.41, 5.74) is 1.56. The number of ether oxygens (including phenoxy) is 2. The number of nitrogens with zero attached hydrogens (tertiary/aromatic N) is 3. The first-order chi connectivity index (χ1) is 14.1. The van der Waals surface area contributed by atoms with Crippen molar-refractivity contribution >= 4 is 23.2 Å². The zero-order valence-electron chi connectivity index (χ0n) is 15.8. The number of benzene rings is 2. The number of anilines is 2. The van der Waals surface area contributed by atoms with E-state index in [1.54, 1.807) is 30.3 Å². The average molecular weight is 395 g/mol. The molecule has 3 aliphatic rings. The minimum Gasteiger partial charge on any atom is -0.508 e. The van der Waals surface area contributed by atoms with Crippen LogP contribution in [-0.2, 0) is 9.59 Å². The van der Waals surface area contributed by atoms with E-state index >= 15 is 0 Å². The van der Waals surface area contributed by atoms with E-state index in [0.29, 0.717) is 30.3 Å². The molecule has 150 valence electrons. The lowest BCUT2D eigenvalue weighted by molar-refractivity contribution is -0.123. The lowest BCUT2D eigenvalue weighted by Crippen LogP contribution is -2.52. The van der Waals surface area contributed by atoms with Gasteiger partial charge in [-0.25, -0.2) is 4.90 Å². The summed E-state index contributed by atoms with van der Waals surface area (Å²) in [4.78, 5) is 31.2. The van der Waals surface area contributed by atoms with Crippen LogP contribution in [-0.4, -0.2) is 60.8 Å². The largest absolute Gasteiger partial charge is 0.508 e. The first-order valence-electron chi connectivity index (χ1n) is 9.64. The van der Waals surface area contributed by atoms with Gasteiger partial charge in [-0.15, -0.1) is 0 Å². The Morgan fingerprint density at radius 1 is 0.862 bits per heavy atom. The molecule has 5 rings (SSSR count). The molecular weight excluding hydrogens is 374 g/mol. The molecule has 0 spiro atoms. The van der Waals surface area contributed by atoms with Gasteiger partial charge in [-0.1, -0.05) is 0 Å². The number of aromatic hydroxyl groups is 1. The number of hydrogen-bond donors (Lipinski definition) is 1. The van der Waals surface area contributed by atoms with Gasteiger partial charge in [-0.05, 0) is 36.4 Å². The smallest absolute Gasteiger partial charge is 0.251 e. The number of carbonyl (C=O) groups excluding carboxylic acids is 2. The van der Waals surface area contributed by atoms with Gasteiger partial charge in [0.1, 0.15) is 5.75 Å². The third kappa shape index (κ3) is 3.15. The minimum absolute atomic E-state index is 0.147. The molecule has 0 radical (unpaired) electrons. The summed E-state index contributed by atoms with van der Waals surface area (Å²) in [5, 5.41) is 9.45. The van der Waals surface area contributed by atoms with Crippen LogP contribution in [0.15, 0.2) is 42.5 Å². The van der Waals surface area contributed by atoms with E-state index in [-0.39, 0.29) is 30.8 Å². The molecule has 3 aliphatic heterocycles. The lowest BCUT2D eigenvalue weighted by Gasteiger charge is -2.38. The molecule has 0 aromatic heterocycles. The van der Waals surface area contributed by atoms with Crippen LogP contribution in [0.5, 0.6) is 17.2 Å². The summed E-state index contributed by atoms with van der Waals surface area (Å²) in [6, 6.07) is 11.8. The van der Waals surface area contributed by atoms with E-state index < -0.39 is 6.04 Å². The molecule has 0 unspecified atom stereocenters. The van der Waals surface area contributed by atoms with Gasteiger partial charge >= 0.3 is 0 Å². The number of phenolic OH excluding ortho intramolecular Hbond substituents is 1. The van der Waals surface area contributed by atoms with E-state index in [9.17, 15) is 14.7 Å². The van der Waals surface area contributed by atoms with Crippen LogP contribution in [0, 0.1) is 0 Å². The van der Waals surface area contributed by atoms with Gasteiger partial charge in [0.15, 0.2) is 11.5 Å². The SMILES string of the molecule is O=C1C[C@H](N2CCN(c3ccc(O)cc3)CC2)C(=O)N1c1ccc2c(c1)OCO2. The minimum atomic E-state index is -0.435. The van der Waals surface area contributed by atoms with E-state index in [0.717, 1.165) is 18.8 Å². The van der Waals surface area contributed by atoms with Crippen molar-refractivity contribution in [2.45, 2.75) is 12.5 Å². The number of imide groups is 1. The van der Waals surface area contributed by atoms with Crippen LogP contribution in [0.25, 0.3) is 0 Å². The number of hydrogen-bond acceptors (Lipinski definition) is 7. The molecule has 2 amide bonds. The van der Waals surface area contributed by atoms with Crippen molar-refractivity contribution in [1.29, 1.82) is 0 Å². The van der Waals surface area contributed by atoms with E-state index in [2.05, 4.69) is 9.80 Å². The fourth-order valence-electron chi connectivity index (χ4n) is 4.15. The Morgan fingerprint density at radius 3 is 2.31 bits per heavy atom. The van der Waals surface area contributed by atoms with Gasteiger partial charge in [0.05, 0.1) is 18.2 Å². The van der Waals surface area contributed by atoms with Gasteiger partial charge in [-0.2, -0.15) is 0 Å². The Labute approximate surface area is 167 Å². The third-order valence-electron chi connectivity index (χ3n) is 5.71. The van der Waals surface area contributed by atoms with Gasteiger partial charge in [0.25, 0.3) is 5.91 Å². The highest BCUT2D eigenvalue weighted by atomic mass is 16.7. The van der Waals surface area contributed by atoms with Crippen molar-refractivity contribution in [2.24, 2.45) is 0 Å². The fourth-order valence-corrected chi connectivity index (χ4v) is 4.15. The van der Waals surface area contributed by atoms with Crippen LogP contribution in [0.4, 0.5) is 11.4 Å². The number of fused-ring (bicyclic) bond motifs is 1. The summed E-state index contributed by atoms with van der Waals surface area (Å²) in [5.74, 6) is 1.03. The molecule has 2 fully saturated rings. The number of piperazine rings is 1. The molecule has 8 heteroatoms. The molecule has 8 nitrogen and oxygen atoms in total. The quantitative estimate of drug-likeness (QED) is 0.790. The number of rotatable bonds is 3. The second kappa shape index (κ2) is 6.97. The number of carbonyl (C=O) groups is 2. The van der Waals surface area contributed by atoms with E-state index in [4.69, 9.17) is 9.47 Å². The summed E-state index contributed by atoms with van der Waals surface area (Å²) in [7, 11) is 0. The Morgan fingerprint density at radius 2 is 1.55 bits per heavy atom. The van der Waals surface area contributed by atoms with Gasteiger partial charge in [0, 0.05) is 37.9 Å². The van der Waals surface area contributed by atoms with Crippen molar-refractivity contribution in [1.82, 2.24) is 4.90 Å². The molecule has 29 heavy (non-hydrogen) atoms. The first kappa shape index (κ1) is 17.8. The van der Waals surface area contributed by atoms with Gasteiger partial charge < -0.3 is 19.5 Å². The van der Waals surface area contributed by atoms with Gasteiger partial charge in [0.2, 0.25) is 12.7 Å². The molecule has 0 bridgehead atoms. The zero-order chi connectivity index (χ0) is 20.0. The van der Waals surface area contributed by atoms with Crippen molar-refractivity contribution < 1.29 is 24.2 Å². The summed E-state index contributed by atoms with van der Waals surface area (Å²) >= 11 is 0. The maximum Gasteiger partial charge on any atom is 0.251 e. The van der Waals surface area contributed by atoms with E-state index in [1.165, 1.54) is 4.90 Å². The van der Waals surface area contributed by atoms with Crippen LogP contribution in [0.3, 0.4) is 0 Å². The van der Waals surface area contributed by atoms with E-state index in [1.807, 2.05) is 12.1 Å². The summed E-state index contributed by atoms with van der Waals surface area (Å²) in [6.07, 6.45) is 0.187. The second-order valence-electron chi connectivity index (χ2n) is 7.36. The van der Waals surface area contributed by atoms with Crippen LogP contribution in [0.1, 0.15) is 6.42 Å². The van der Waals surface area contributed by atoms with Crippen LogP contribution in [0.2, 0.25) is 0 Å². The molecule has 2 saturated heterocycles. The highest BCUT2D eigenvalue weighted by Crippen LogP contribution is 2.37. The maximum atomic E-state index is 13.1. The predicted molar refractivity (Wildman–Crippen MR) is 105 cm³/mol. The monoisotopic (exact) mass is 395 g/mol. The molecule has 1 N–H and O–H groups in total. The summed E-state index contributed by atoms with van der Waals surface area (Å²) < 4.78 is 10.7. The molecule has 3 heterocycles. The molecular formula is C21H21N3O5. The molecule has 2 aromatic rings. The van der Waals surface area contributed by atoms with Crippen LogP contribution < -0.4 is 19.3 Å². The Bertz CT molecular complexity index is 953. The Kier molecular flexibility index (Phi) is 4.28. The lowest BCUT2D eigenvalue weighted by atomic mass is 10.1. The maximum absolute atomic E-state index is 13.1. The number of phenols is 1. The topological polar surface area (TPSA) is 82.6 Å². The third-order valence-corrected chi connectivity index (χ3v) is 5.71. The predicted octanol–water partition coefficient (Wildman–Crippen LogP) is 1.57. The second-order valence-corrected chi connectivity index (χ2v) is 7.36. The Balaban J connectivity index is 1.27. The van der Waals surface area contributed by atoms with Crippen molar-refractivity contribution in [2.75, 3.05) is 42.8 Å². The van der Waals surface area contributed by atoms with Gasteiger partial charge in [-0.3, -0.25) is 14.5 Å². The van der Waals surface area contributed by atoms with Crippen molar-refractivity contribution in [3.8, 4) is 17.2 Å².